The lowest BCUT2D eigenvalue weighted by molar-refractivity contribution is -0.123. The van der Waals surface area contributed by atoms with Gasteiger partial charge in [-0.2, -0.15) is 0 Å². The second-order valence-electron chi connectivity index (χ2n) is 8.24. The summed E-state index contributed by atoms with van der Waals surface area (Å²) in [5.74, 6) is -1.26. The highest BCUT2D eigenvalue weighted by atomic mass is 16.3. The highest BCUT2D eigenvalue weighted by Crippen LogP contribution is 2.43. The number of aliphatic hydroxyl groups excluding tert-OH is 1. The minimum absolute atomic E-state index is 0.153. The predicted molar refractivity (Wildman–Crippen MR) is 112 cm³/mol. The molecule has 0 fully saturated rings. The van der Waals surface area contributed by atoms with Crippen molar-refractivity contribution < 1.29 is 14.7 Å². The Morgan fingerprint density at radius 3 is 2.07 bits per heavy atom. The third kappa shape index (κ3) is 3.40. The van der Waals surface area contributed by atoms with Gasteiger partial charge in [-0.15, -0.1) is 0 Å². The van der Waals surface area contributed by atoms with Crippen LogP contribution in [0.15, 0.2) is 65.9 Å². The standard InChI is InChI=1S/C23H26N2O3/c1-23(2,3)21(27)18-19(15-9-7-6-8-10-15)25(22(28)20(18)26)17-13-11-16(12-14-17)24(4)5/h6-14,19,26H,1-5H3. The third-order valence-electron chi connectivity index (χ3n) is 4.89. The van der Waals surface area contributed by atoms with Crippen LogP contribution >= 0.6 is 0 Å². The first-order valence-electron chi connectivity index (χ1n) is 9.26. The van der Waals surface area contributed by atoms with Crippen molar-refractivity contribution >= 4 is 23.1 Å². The Kier molecular flexibility index (Phi) is 5.02. The molecule has 1 aliphatic heterocycles. The summed E-state index contributed by atoms with van der Waals surface area (Å²) < 4.78 is 0. The monoisotopic (exact) mass is 378 g/mol. The number of rotatable bonds is 4. The smallest absolute Gasteiger partial charge is 0.294 e. The number of anilines is 2. The molecule has 0 bridgehead atoms. The van der Waals surface area contributed by atoms with Crippen LogP contribution < -0.4 is 9.80 Å². The highest BCUT2D eigenvalue weighted by molar-refractivity contribution is 6.17. The quantitative estimate of drug-likeness (QED) is 0.863. The summed E-state index contributed by atoms with van der Waals surface area (Å²) in [6.07, 6.45) is 0. The number of aliphatic hydroxyl groups is 1. The van der Waals surface area contributed by atoms with Crippen LogP contribution in [0.25, 0.3) is 0 Å². The maximum absolute atomic E-state index is 13.1. The lowest BCUT2D eigenvalue weighted by Crippen LogP contribution is -2.32. The van der Waals surface area contributed by atoms with E-state index in [-0.39, 0.29) is 11.4 Å². The highest BCUT2D eigenvalue weighted by Gasteiger charge is 2.46. The van der Waals surface area contributed by atoms with Gasteiger partial charge in [0.2, 0.25) is 0 Å². The maximum Gasteiger partial charge on any atom is 0.294 e. The van der Waals surface area contributed by atoms with E-state index in [0.717, 1.165) is 11.3 Å². The van der Waals surface area contributed by atoms with Gasteiger partial charge < -0.3 is 10.0 Å². The molecule has 146 valence electrons. The average Bonchev–Trinajstić information content (AvgIpc) is 2.92. The molecule has 0 saturated heterocycles. The van der Waals surface area contributed by atoms with Crippen molar-refractivity contribution in [2.24, 2.45) is 5.41 Å². The summed E-state index contributed by atoms with van der Waals surface area (Å²) in [6.45, 7) is 5.37. The van der Waals surface area contributed by atoms with E-state index in [2.05, 4.69) is 0 Å². The minimum Gasteiger partial charge on any atom is -0.503 e. The van der Waals surface area contributed by atoms with Gasteiger partial charge in [-0.3, -0.25) is 14.5 Å². The number of carbonyl (C=O) groups excluding carboxylic acids is 2. The lowest BCUT2D eigenvalue weighted by atomic mass is 9.82. The van der Waals surface area contributed by atoms with E-state index in [1.807, 2.05) is 73.6 Å². The Hall–Kier alpha value is -3.08. The summed E-state index contributed by atoms with van der Waals surface area (Å²) in [5.41, 5.74) is 1.84. The fourth-order valence-corrected chi connectivity index (χ4v) is 3.37. The topological polar surface area (TPSA) is 60.9 Å². The first kappa shape index (κ1) is 19.7. The first-order valence-corrected chi connectivity index (χ1v) is 9.26. The molecule has 0 radical (unpaired) electrons. The van der Waals surface area contributed by atoms with E-state index in [0.29, 0.717) is 5.69 Å². The van der Waals surface area contributed by atoms with Crippen LogP contribution in [0.4, 0.5) is 11.4 Å². The van der Waals surface area contributed by atoms with Gasteiger partial charge in [0.05, 0.1) is 11.6 Å². The number of carbonyl (C=O) groups is 2. The Balaban J connectivity index is 2.15. The van der Waals surface area contributed by atoms with Crippen molar-refractivity contribution in [3.63, 3.8) is 0 Å². The van der Waals surface area contributed by atoms with E-state index in [9.17, 15) is 14.7 Å². The van der Waals surface area contributed by atoms with E-state index < -0.39 is 23.1 Å². The Bertz CT molecular complexity index is 923. The third-order valence-corrected chi connectivity index (χ3v) is 4.89. The van der Waals surface area contributed by atoms with Gasteiger partial charge >= 0.3 is 0 Å². The molecular weight excluding hydrogens is 352 g/mol. The fourth-order valence-electron chi connectivity index (χ4n) is 3.37. The Morgan fingerprint density at radius 1 is 1.00 bits per heavy atom. The first-order chi connectivity index (χ1) is 13.1. The van der Waals surface area contributed by atoms with Crippen LogP contribution in [0.1, 0.15) is 32.4 Å². The van der Waals surface area contributed by atoms with Gasteiger partial charge in [0.25, 0.3) is 5.91 Å². The lowest BCUT2D eigenvalue weighted by Gasteiger charge is -2.29. The molecule has 1 aliphatic rings. The average molecular weight is 378 g/mol. The summed E-state index contributed by atoms with van der Waals surface area (Å²) in [7, 11) is 3.88. The van der Waals surface area contributed by atoms with Gasteiger partial charge in [-0.05, 0) is 29.8 Å². The largest absolute Gasteiger partial charge is 0.503 e. The number of hydrogen-bond acceptors (Lipinski definition) is 4. The molecular formula is C23H26N2O3. The van der Waals surface area contributed by atoms with Gasteiger partial charge in [0.1, 0.15) is 0 Å². The Morgan fingerprint density at radius 2 is 1.57 bits per heavy atom. The minimum atomic E-state index is -0.721. The summed E-state index contributed by atoms with van der Waals surface area (Å²) in [4.78, 5) is 29.6. The molecule has 5 nitrogen and oxygen atoms in total. The normalized spacial score (nSPS) is 17.2. The number of Topliss-reactive ketones (excluding diaryl/α,β-unsaturated/α-hetero) is 1. The van der Waals surface area contributed by atoms with Gasteiger partial charge in [-0.1, -0.05) is 51.1 Å². The van der Waals surface area contributed by atoms with Crippen molar-refractivity contribution in [1.29, 1.82) is 0 Å². The zero-order valence-electron chi connectivity index (χ0n) is 16.9. The van der Waals surface area contributed by atoms with E-state index in [1.165, 1.54) is 4.90 Å². The van der Waals surface area contributed by atoms with E-state index in [1.54, 1.807) is 20.8 Å². The molecule has 2 aromatic rings. The summed E-state index contributed by atoms with van der Waals surface area (Å²) in [6, 6.07) is 16.2. The van der Waals surface area contributed by atoms with E-state index >= 15 is 0 Å². The summed E-state index contributed by atoms with van der Waals surface area (Å²) in [5, 5.41) is 10.7. The van der Waals surface area contributed by atoms with Crippen molar-refractivity contribution in [3.8, 4) is 0 Å². The second-order valence-corrected chi connectivity index (χ2v) is 8.24. The number of nitrogens with zero attached hydrogens (tertiary/aromatic N) is 2. The van der Waals surface area contributed by atoms with Crippen molar-refractivity contribution in [2.45, 2.75) is 26.8 Å². The molecule has 0 aliphatic carbocycles. The fraction of sp³-hybridized carbons (Fsp3) is 0.304. The SMILES string of the molecule is CN(C)c1ccc(N2C(=O)C(O)=C(C(=O)C(C)(C)C)C2c2ccccc2)cc1. The number of amides is 1. The van der Waals surface area contributed by atoms with Gasteiger partial charge in [0, 0.05) is 30.9 Å². The molecule has 1 N–H and O–H groups in total. The molecule has 1 unspecified atom stereocenters. The molecule has 1 amide bonds. The molecule has 0 aromatic heterocycles. The van der Waals surface area contributed by atoms with Crippen LogP contribution in [0.3, 0.4) is 0 Å². The molecule has 28 heavy (non-hydrogen) atoms. The number of hydrogen-bond donors (Lipinski definition) is 1. The van der Waals surface area contributed by atoms with E-state index in [4.69, 9.17) is 0 Å². The number of ketones is 1. The van der Waals surface area contributed by atoms with Crippen LogP contribution in [0.5, 0.6) is 0 Å². The molecule has 1 atom stereocenters. The maximum atomic E-state index is 13.1. The Labute approximate surface area is 165 Å². The molecule has 3 rings (SSSR count). The molecule has 2 aromatic carbocycles. The van der Waals surface area contributed by atoms with Crippen molar-refractivity contribution in [3.05, 3.63) is 71.5 Å². The van der Waals surface area contributed by atoms with Gasteiger partial charge in [-0.25, -0.2) is 0 Å². The molecule has 1 heterocycles. The second kappa shape index (κ2) is 7.15. The number of benzene rings is 2. The zero-order chi connectivity index (χ0) is 20.6. The van der Waals surface area contributed by atoms with Crippen LogP contribution in [0, 0.1) is 5.41 Å². The van der Waals surface area contributed by atoms with Crippen molar-refractivity contribution in [2.75, 3.05) is 23.9 Å². The summed E-state index contributed by atoms with van der Waals surface area (Å²) >= 11 is 0. The van der Waals surface area contributed by atoms with Crippen molar-refractivity contribution in [1.82, 2.24) is 0 Å². The van der Waals surface area contributed by atoms with Gasteiger partial charge in [0.15, 0.2) is 11.5 Å². The molecule has 0 saturated carbocycles. The molecule has 5 heteroatoms. The van der Waals surface area contributed by atoms with Crippen LogP contribution in [0.2, 0.25) is 0 Å². The van der Waals surface area contributed by atoms with Crippen LogP contribution in [-0.2, 0) is 9.59 Å². The molecule has 0 spiro atoms. The zero-order valence-corrected chi connectivity index (χ0v) is 16.9. The van der Waals surface area contributed by atoms with Crippen LogP contribution in [-0.4, -0.2) is 30.9 Å². The predicted octanol–water partition coefficient (Wildman–Crippen LogP) is 4.27.